The number of unbranched alkanes of at least 4 members (excludes halogenated alkanes) is 1. The molecule has 6 N–H and O–H groups in total. The van der Waals surface area contributed by atoms with Crippen LogP contribution in [0.15, 0.2) is 72.8 Å². The molecular formula is C36H44F5N3O8S. The molecule has 0 aromatic heterocycles. The lowest BCUT2D eigenvalue weighted by Gasteiger charge is -2.31. The highest BCUT2D eigenvalue weighted by Gasteiger charge is 2.48. The minimum Gasteiger partial charge on any atom is -0.475 e. The van der Waals surface area contributed by atoms with Crippen LogP contribution in [0.25, 0.3) is 0 Å². The molecule has 3 aromatic carbocycles. The number of benzene rings is 3. The minimum absolute atomic E-state index is 0.0656. The second kappa shape index (κ2) is 20.7. The summed E-state index contributed by atoms with van der Waals surface area (Å²) >= 11 is 0. The van der Waals surface area contributed by atoms with Crippen molar-refractivity contribution >= 4 is 27.7 Å². The Kier molecular flexibility index (Phi) is 17.5. The average molecular weight is 774 g/mol. The van der Waals surface area contributed by atoms with Crippen molar-refractivity contribution in [2.24, 2.45) is 5.73 Å². The normalized spacial score (nSPS) is 13.8. The lowest BCUT2D eigenvalue weighted by Crippen LogP contribution is -2.66. The second-order valence-corrected chi connectivity index (χ2v) is 14.4. The predicted molar refractivity (Wildman–Crippen MR) is 186 cm³/mol. The van der Waals surface area contributed by atoms with Crippen molar-refractivity contribution in [3.8, 4) is 0 Å². The number of halogens is 5. The maximum atomic E-state index is 14.1. The number of aliphatic carboxylic acids is 1. The smallest absolute Gasteiger partial charge is 0.475 e. The Morgan fingerprint density at radius 3 is 2.04 bits per heavy atom. The number of aliphatic hydroxyl groups is 1. The topological polar surface area (TPSA) is 185 Å². The first-order valence-electron chi connectivity index (χ1n) is 16.5. The molecule has 0 unspecified atom stereocenters. The number of esters is 1. The van der Waals surface area contributed by atoms with Crippen LogP contribution in [0.4, 0.5) is 22.0 Å². The summed E-state index contributed by atoms with van der Waals surface area (Å²) in [4.78, 5) is 36.1. The Hall–Kier alpha value is -4.45. The Morgan fingerprint density at radius 1 is 0.887 bits per heavy atom. The standard InChI is InChI=1S/C34H43F2N3O6S.C2HF3O2/c1-3-5-14-46(43,44)23-34(37,33(42)45-22-25-10-7-6-8-11-25)32(41)39-30(18-27-16-28(35)19-29(36)17-27)31(40)21-38-20-26-13-9-12-24(4-2)15-26;3-2(4,5)1(6)7/h6-13,15-17,19,30-31,38,40H,3-5,14,18,20-23,37H2,1-2H3,(H,39,41);(H,6,7)/t30-,31+,34+;/m0./s1. The maximum Gasteiger partial charge on any atom is 0.490 e. The van der Waals surface area contributed by atoms with Crippen molar-refractivity contribution < 1.29 is 59.7 Å². The van der Waals surface area contributed by atoms with Gasteiger partial charge in [-0.15, -0.1) is 0 Å². The summed E-state index contributed by atoms with van der Waals surface area (Å²) < 4.78 is 91.1. The number of hydrogen-bond acceptors (Lipinski definition) is 9. The number of carboxylic acid groups (broad SMARTS) is 1. The molecule has 0 aliphatic carbocycles. The molecule has 53 heavy (non-hydrogen) atoms. The van der Waals surface area contributed by atoms with Crippen molar-refractivity contribution in [1.82, 2.24) is 10.6 Å². The third kappa shape index (κ3) is 15.6. The molecule has 0 saturated carbocycles. The fourth-order valence-corrected chi connectivity index (χ4v) is 6.70. The van der Waals surface area contributed by atoms with Crippen LogP contribution in [0.5, 0.6) is 0 Å². The van der Waals surface area contributed by atoms with Crippen LogP contribution in [0.1, 0.15) is 48.9 Å². The highest BCUT2D eigenvalue weighted by atomic mass is 32.2. The average Bonchev–Trinajstić information content (AvgIpc) is 3.09. The Bertz CT molecular complexity index is 1740. The van der Waals surface area contributed by atoms with E-state index in [0.29, 0.717) is 31.0 Å². The zero-order chi connectivity index (χ0) is 39.8. The molecule has 0 radical (unpaired) electrons. The van der Waals surface area contributed by atoms with Crippen molar-refractivity contribution in [1.29, 1.82) is 0 Å². The van der Waals surface area contributed by atoms with E-state index < -0.39 is 68.9 Å². The van der Waals surface area contributed by atoms with Crippen LogP contribution >= 0.6 is 0 Å². The summed E-state index contributed by atoms with van der Waals surface area (Å²) in [5.41, 5.74) is 6.43. The van der Waals surface area contributed by atoms with Gasteiger partial charge in [-0.3, -0.25) is 4.79 Å². The van der Waals surface area contributed by atoms with Gasteiger partial charge in [0.05, 0.1) is 23.7 Å². The van der Waals surface area contributed by atoms with Crippen molar-refractivity contribution in [3.63, 3.8) is 0 Å². The van der Waals surface area contributed by atoms with Gasteiger partial charge in [-0.2, -0.15) is 13.2 Å². The molecule has 0 saturated heterocycles. The predicted octanol–water partition coefficient (Wildman–Crippen LogP) is 3.99. The Balaban J connectivity index is 0.00000126. The van der Waals surface area contributed by atoms with E-state index in [4.69, 9.17) is 20.4 Å². The van der Waals surface area contributed by atoms with Gasteiger partial charge < -0.3 is 31.3 Å². The van der Waals surface area contributed by atoms with E-state index in [1.165, 1.54) is 0 Å². The van der Waals surface area contributed by atoms with Crippen LogP contribution in [0, 0.1) is 11.6 Å². The number of alkyl halides is 3. The number of carboxylic acids is 1. The minimum atomic E-state index is -5.08. The lowest BCUT2D eigenvalue weighted by molar-refractivity contribution is -0.192. The maximum absolute atomic E-state index is 14.1. The molecule has 0 aliphatic rings. The van der Waals surface area contributed by atoms with Crippen molar-refractivity contribution in [2.45, 2.75) is 76.5 Å². The van der Waals surface area contributed by atoms with E-state index in [-0.39, 0.29) is 30.9 Å². The molecule has 1 amide bonds. The molecule has 0 bridgehead atoms. The quantitative estimate of drug-likeness (QED) is 0.0720. The molecule has 0 heterocycles. The second-order valence-electron chi connectivity index (χ2n) is 12.2. The first kappa shape index (κ1) is 44.7. The number of sulfone groups is 1. The number of ether oxygens (including phenoxy) is 1. The van der Waals surface area contributed by atoms with Crippen LogP contribution in [-0.2, 0) is 55.0 Å². The summed E-state index contributed by atoms with van der Waals surface area (Å²) in [6.07, 6.45) is -5.00. The van der Waals surface area contributed by atoms with Gasteiger partial charge in [0.25, 0.3) is 5.91 Å². The zero-order valence-corrected chi connectivity index (χ0v) is 30.0. The number of aliphatic hydroxyl groups excluding tert-OH is 1. The van der Waals surface area contributed by atoms with E-state index in [1.807, 2.05) is 31.2 Å². The third-order valence-corrected chi connectivity index (χ3v) is 9.53. The molecule has 17 heteroatoms. The van der Waals surface area contributed by atoms with Gasteiger partial charge in [-0.25, -0.2) is 26.8 Å². The fourth-order valence-electron chi connectivity index (χ4n) is 4.88. The fraction of sp³-hybridized carbons (Fsp3) is 0.417. The van der Waals surface area contributed by atoms with Crippen LogP contribution in [0.2, 0.25) is 0 Å². The SMILES string of the molecule is CCCCS(=O)(=O)C[C@@](N)(C(=O)N[C@@H](Cc1cc(F)cc(F)c1)[C@H](O)CNCc1cccc(CC)c1)C(=O)OCc1ccccc1.O=C(O)C(F)(F)F. The molecule has 3 atom stereocenters. The molecule has 0 spiro atoms. The van der Waals surface area contributed by atoms with E-state index in [0.717, 1.165) is 29.7 Å². The first-order valence-corrected chi connectivity index (χ1v) is 18.3. The number of amides is 1. The molecular weight excluding hydrogens is 729 g/mol. The van der Waals surface area contributed by atoms with Gasteiger partial charge in [0.15, 0.2) is 9.84 Å². The number of rotatable bonds is 18. The van der Waals surface area contributed by atoms with Crippen molar-refractivity contribution in [2.75, 3.05) is 18.1 Å². The molecule has 3 aromatic rings. The molecule has 0 fully saturated rings. The zero-order valence-electron chi connectivity index (χ0n) is 29.2. The highest BCUT2D eigenvalue weighted by Crippen LogP contribution is 2.17. The Labute approximate surface area is 304 Å². The highest BCUT2D eigenvalue weighted by molar-refractivity contribution is 7.91. The summed E-state index contributed by atoms with van der Waals surface area (Å²) in [6, 6.07) is 18.0. The van der Waals surface area contributed by atoms with Gasteiger partial charge in [0, 0.05) is 19.2 Å². The van der Waals surface area contributed by atoms with Gasteiger partial charge in [0.2, 0.25) is 5.54 Å². The monoisotopic (exact) mass is 773 g/mol. The number of carbonyl (C=O) groups excluding carboxylic acids is 2. The van der Waals surface area contributed by atoms with Gasteiger partial charge in [-0.1, -0.05) is 74.9 Å². The van der Waals surface area contributed by atoms with Crippen molar-refractivity contribution in [3.05, 3.63) is 107 Å². The number of nitrogens with one attached hydrogen (secondary N) is 2. The van der Waals surface area contributed by atoms with Gasteiger partial charge in [-0.05, 0) is 53.6 Å². The summed E-state index contributed by atoms with van der Waals surface area (Å²) in [5.74, 6) is -8.29. The first-order chi connectivity index (χ1) is 24.8. The summed E-state index contributed by atoms with van der Waals surface area (Å²) in [6.45, 7) is 3.87. The molecule has 0 aliphatic heterocycles. The van der Waals surface area contributed by atoms with Crippen LogP contribution < -0.4 is 16.4 Å². The number of aryl methyl sites for hydroxylation is 1. The van der Waals surface area contributed by atoms with E-state index in [2.05, 4.69) is 10.6 Å². The van der Waals surface area contributed by atoms with E-state index in [9.17, 15) is 45.1 Å². The third-order valence-electron chi connectivity index (χ3n) is 7.72. The van der Waals surface area contributed by atoms with Crippen LogP contribution in [-0.4, -0.2) is 78.4 Å². The van der Waals surface area contributed by atoms with Gasteiger partial charge >= 0.3 is 18.1 Å². The number of nitrogens with two attached hydrogens (primary N) is 1. The van der Waals surface area contributed by atoms with Crippen LogP contribution in [0.3, 0.4) is 0 Å². The molecule has 292 valence electrons. The van der Waals surface area contributed by atoms with E-state index >= 15 is 0 Å². The number of hydrogen-bond donors (Lipinski definition) is 5. The van der Waals surface area contributed by atoms with E-state index in [1.54, 1.807) is 37.3 Å². The summed E-state index contributed by atoms with van der Waals surface area (Å²) in [5, 5.41) is 23.9. The molecule has 11 nitrogen and oxygen atoms in total. The van der Waals surface area contributed by atoms with Gasteiger partial charge in [0.1, 0.15) is 18.2 Å². The molecule has 3 rings (SSSR count). The largest absolute Gasteiger partial charge is 0.490 e. The Morgan fingerprint density at radius 2 is 1.47 bits per heavy atom. The number of carbonyl (C=O) groups is 3. The lowest BCUT2D eigenvalue weighted by atomic mass is 9.97. The summed E-state index contributed by atoms with van der Waals surface area (Å²) in [7, 11) is -4.01.